The average Bonchev–Trinajstić information content (AvgIpc) is 3.35. The third-order valence-electron chi connectivity index (χ3n) is 5.50. The highest BCUT2D eigenvalue weighted by Gasteiger charge is 2.30. The van der Waals surface area contributed by atoms with Crippen molar-refractivity contribution in [3.8, 4) is 34.0 Å². The molecule has 0 atom stereocenters. The maximum Gasteiger partial charge on any atom is 0.416 e. The fourth-order valence-corrected chi connectivity index (χ4v) is 4.32. The van der Waals surface area contributed by atoms with Crippen LogP contribution in [-0.4, -0.2) is 42.4 Å². The van der Waals surface area contributed by atoms with Gasteiger partial charge in [-0.25, -0.2) is 4.98 Å². The molecule has 0 saturated carbocycles. The van der Waals surface area contributed by atoms with Gasteiger partial charge in [-0.2, -0.15) is 13.2 Å². The van der Waals surface area contributed by atoms with Crippen LogP contribution in [0.3, 0.4) is 0 Å². The lowest BCUT2D eigenvalue weighted by Gasteiger charge is -2.09. The van der Waals surface area contributed by atoms with Crippen LogP contribution >= 0.6 is 11.8 Å². The number of rotatable bonds is 9. The van der Waals surface area contributed by atoms with Crippen LogP contribution in [0.25, 0.3) is 22.5 Å². The molecule has 0 fully saturated rings. The van der Waals surface area contributed by atoms with E-state index in [1.807, 2.05) is 48.5 Å². The first-order valence-electron chi connectivity index (χ1n) is 11.3. The van der Waals surface area contributed by atoms with E-state index in [2.05, 4.69) is 10.3 Å². The predicted molar refractivity (Wildman–Crippen MR) is 137 cm³/mol. The Morgan fingerprint density at radius 2 is 1.57 bits per heavy atom. The zero-order valence-electron chi connectivity index (χ0n) is 20.1. The van der Waals surface area contributed by atoms with Crippen molar-refractivity contribution in [2.75, 3.05) is 26.5 Å². The number of halogens is 3. The summed E-state index contributed by atoms with van der Waals surface area (Å²) < 4.78 is 49.3. The normalized spacial score (nSPS) is 11.3. The number of ether oxygens (including phenoxy) is 2. The molecule has 1 aromatic heterocycles. The van der Waals surface area contributed by atoms with E-state index < -0.39 is 17.6 Å². The number of aromatic amines is 1. The molecule has 0 bridgehead atoms. The number of carbonyl (C=O) groups is 1. The summed E-state index contributed by atoms with van der Waals surface area (Å²) in [4.78, 5) is 20.5. The number of H-pyrrole nitrogens is 1. The highest BCUT2D eigenvalue weighted by atomic mass is 32.2. The third kappa shape index (κ3) is 6.45. The van der Waals surface area contributed by atoms with Crippen molar-refractivity contribution in [1.29, 1.82) is 0 Å². The first-order valence-corrected chi connectivity index (χ1v) is 12.2. The van der Waals surface area contributed by atoms with Crippen LogP contribution in [0.1, 0.15) is 15.9 Å². The maximum absolute atomic E-state index is 12.9. The van der Waals surface area contributed by atoms with Crippen molar-refractivity contribution >= 4 is 17.7 Å². The zero-order valence-corrected chi connectivity index (χ0v) is 20.9. The Hall–Kier alpha value is -3.92. The van der Waals surface area contributed by atoms with Gasteiger partial charge in [0.15, 0.2) is 5.16 Å². The summed E-state index contributed by atoms with van der Waals surface area (Å²) >= 11 is 1.39. The van der Waals surface area contributed by atoms with Crippen LogP contribution in [0.5, 0.6) is 11.5 Å². The minimum absolute atomic E-state index is 0.0404. The van der Waals surface area contributed by atoms with Gasteiger partial charge in [0.25, 0.3) is 5.91 Å². The van der Waals surface area contributed by atoms with Crippen LogP contribution in [0, 0.1) is 0 Å². The molecule has 1 amide bonds. The van der Waals surface area contributed by atoms with E-state index in [1.54, 1.807) is 14.2 Å². The highest BCUT2D eigenvalue weighted by molar-refractivity contribution is 7.99. The van der Waals surface area contributed by atoms with Crippen LogP contribution in [0.4, 0.5) is 13.2 Å². The Morgan fingerprint density at radius 1 is 0.946 bits per heavy atom. The summed E-state index contributed by atoms with van der Waals surface area (Å²) in [6.45, 7) is 0.246. The molecule has 0 saturated heterocycles. The molecule has 10 heteroatoms. The zero-order chi connectivity index (χ0) is 26.4. The number of carbonyl (C=O) groups excluding carboxylic acids is 1. The van der Waals surface area contributed by atoms with Crippen LogP contribution in [0.2, 0.25) is 0 Å². The number of hydrogen-bond donors (Lipinski definition) is 2. The first kappa shape index (κ1) is 26.2. The molecule has 0 aliphatic carbocycles. The van der Waals surface area contributed by atoms with Gasteiger partial charge in [0.2, 0.25) is 0 Å². The molecule has 1 heterocycles. The minimum Gasteiger partial charge on any atom is -0.497 e. The van der Waals surface area contributed by atoms with Gasteiger partial charge in [0, 0.05) is 29.0 Å². The maximum atomic E-state index is 12.9. The fourth-order valence-electron chi connectivity index (χ4n) is 3.60. The second kappa shape index (κ2) is 11.4. The first-order chi connectivity index (χ1) is 17.8. The number of hydrogen-bond acceptors (Lipinski definition) is 5. The molecule has 192 valence electrons. The Morgan fingerprint density at radius 3 is 2.16 bits per heavy atom. The van der Waals surface area contributed by atoms with E-state index in [0.717, 1.165) is 46.1 Å². The van der Waals surface area contributed by atoms with Gasteiger partial charge in [0.05, 0.1) is 31.2 Å². The second-order valence-electron chi connectivity index (χ2n) is 7.91. The van der Waals surface area contributed by atoms with E-state index in [0.29, 0.717) is 10.9 Å². The quantitative estimate of drug-likeness (QED) is 0.197. The molecular formula is C27H24F3N3O3S. The third-order valence-corrected chi connectivity index (χ3v) is 6.38. The summed E-state index contributed by atoms with van der Waals surface area (Å²) in [5.41, 5.74) is 2.49. The number of methoxy groups -OCH3 is 2. The van der Waals surface area contributed by atoms with E-state index in [1.165, 1.54) is 23.9 Å². The summed E-state index contributed by atoms with van der Waals surface area (Å²) in [6.07, 6.45) is -4.51. The van der Waals surface area contributed by atoms with Gasteiger partial charge in [-0.05, 0) is 66.7 Å². The average molecular weight is 528 g/mol. The summed E-state index contributed by atoms with van der Waals surface area (Å²) in [5, 5.41) is 3.30. The molecule has 4 aromatic rings. The largest absolute Gasteiger partial charge is 0.497 e. The molecule has 6 nitrogen and oxygen atoms in total. The minimum atomic E-state index is -4.51. The van der Waals surface area contributed by atoms with Crippen LogP contribution < -0.4 is 14.8 Å². The highest BCUT2D eigenvalue weighted by Crippen LogP contribution is 2.34. The summed E-state index contributed by atoms with van der Waals surface area (Å²) in [5.74, 6) is 1.36. The summed E-state index contributed by atoms with van der Waals surface area (Å²) in [7, 11) is 3.21. The van der Waals surface area contributed by atoms with E-state index in [4.69, 9.17) is 14.5 Å². The molecule has 37 heavy (non-hydrogen) atoms. The number of amides is 1. The smallest absolute Gasteiger partial charge is 0.416 e. The lowest BCUT2D eigenvalue weighted by molar-refractivity contribution is -0.137. The van der Waals surface area contributed by atoms with Gasteiger partial charge in [0.1, 0.15) is 11.5 Å². The fraction of sp³-hybridized carbons (Fsp3) is 0.185. The predicted octanol–water partition coefficient (Wildman–Crippen LogP) is 6.30. The van der Waals surface area contributed by atoms with Gasteiger partial charge in [-0.15, -0.1) is 0 Å². The molecule has 0 aliphatic rings. The molecule has 0 unspecified atom stereocenters. The van der Waals surface area contributed by atoms with Crippen molar-refractivity contribution in [2.24, 2.45) is 0 Å². The molecule has 0 spiro atoms. The molecule has 2 N–H and O–H groups in total. The number of imidazole rings is 1. The Bertz CT molecular complexity index is 1290. The second-order valence-corrected chi connectivity index (χ2v) is 8.99. The Labute approximate surface area is 216 Å². The molecule has 0 radical (unpaired) electrons. The van der Waals surface area contributed by atoms with Crippen molar-refractivity contribution in [2.45, 2.75) is 11.3 Å². The van der Waals surface area contributed by atoms with E-state index in [-0.39, 0.29) is 12.1 Å². The van der Waals surface area contributed by atoms with E-state index >= 15 is 0 Å². The van der Waals surface area contributed by atoms with Crippen LogP contribution in [0.15, 0.2) is 78.0 Å². The number of thioether (sulfide) groups is 1. The number of alkyl halides is 3. The number of aromatic nitrogens is 2. The number of nitrogens with one attached hydrogen (secondary N) is 2. The number of nitrogens with zero attached hydrogens (tertiary/aromatic N) is 1. The van der Waals surface area contributed by atoms with Crippen LogP contribution in [-0.2, 0) is 6.18 Å². The lowest BCUT2D eigenvalue weighted by Crippen LogP contribution is -2.26. The van der Waals surface area contributed by atoms with Gasteiger partial charge in [-0.3, -0.25) is 4.79 Å². The number of benzene rings is 3. The standard InChI is InChI=1S/C27H24F3N3O3S/c1-35-21-10-6-17(7-11-21)23-24(18-8-12-22(36-2)13-9-18)33-26(32-23)37-15-14-31-25(34)19-4-3-5-20(16-19)27(28,29)30/h3-13,16H,14-15H2,1-2H3,(H,31,34)(H,32,33). The van der Waals surface area contributed by atoms with Gasteiger partial charge in [-0.1, -0.05) is 17.8 Å². The SMILES string of the molecule is COc1ccc(-c2nc(SCCNC(=O)c3cccc(C(F)(F)F)c3)[nH]c2-c2ccc(OC)cc2)cc1. The molecular weight excluding hydrogens is 503 g/mol. The van der Waals surface area contributed by atoms with Crippen molar-refractivity contribution in [3.63, 3.8) is 0 Å². The lowest BCUT2D eigenvalue weighted by atomic mass is 10.0. The molecule has 0 aliphatic heterocycles. The molecule has 4 rings (SSSR count). The van der Waals surface area contributed by atoms with Crippen molar-refractivity contribution < 1.29 is 27.4 Å². The summed E-state index contributed by atoms with van der Waals surface area (Å²) in [6, 6.07) is 19.5. The van der Waals surface area contributed by atoms with Gasteiger partial charge < -0.3 is 19.8 Å². The molecule has 3 aromatic carbocycles. The topological polar surface area (TPSA) is 76.2 Å². The Balaban J connectivity index is 1.47. The van der Waals surface area contributed by atoms with Gasteiger partial charge >= 0.3 is 6.18 Å². The van der Waals surface area contributed by atoms with E-state index in [9.17, 15) is 18.0 Å². The van der Waals surface area contributed by atoms with Crippen molar-refractivity contribution in [1.82, 2.24) is 15.3 Å². The Kier molecular flexibility index (Phi) is 8.08. The van der Waals surface area contributed by atoms with Crippen molar-refractivity contribution in [3.05, 3.63) is 83.9 Å². The monoisotopic (exact) mass is 527 g/mol.